The highest BCUT2D eigenvalue weighted by molar-refractivity contribution is 6.29. The van der Waals surface area contributed by atoms with Crippen LogP contribution in [0.3, 0.4) is 0 Å². The third-order valence-electron chi connectivity index (χ3n) is 3.02. The van der Waals surface area contributed by atoms with Gasteiger partial charge in [0.15, 0.2) is 6.10 Å². The van der Waals surface area contributed by atoms with Gasteiger partial charge in [0.25, 0.3) is 5.91 Å². The van der Waals surface area contributed by atoms with Gasteiger partial charge in [-0.2, -0.15) is 0 Å². The van der Waals surface area contributed by atoms with Gasteiger partial charge in [-0.3, -0.25) is 4.79 Å². The lowest BCUT2D eigenvalue weighted by atomic mass is 10.2. The Kier molecular flexibility index (Phi) is 5.12. The number of ether oxygens (including phenoxy) is 1. The summed E-state index contributed by atoms with van der Waals surface area (Å²) in [5, 5.41) is 3.00. The molecule has 5 nitrogen and oxygen atoms in total. The minimum atomic E-state index is -0.928. The number of hydrogen-bond donors (Lipinski definition) is 1. The molecule has 0 bridgehead atoms. The van der Waals surface area contributed by atoms with Crippen molar-refractivity contribution in [2.75, 3.05) is 5.32 Å². The van der Waals surface area contributed by atoms with E-state index in [4.69, 9.17) is 16.3 Å². The summed E-state index contributed by atoms with van der Waals surface area (Å²) in [5.41, 5.74) is 1.85. The molecule has 1 amide bonds. The Morgan fingerprint density at radius 2 is 1.95 bits per heavy atom. The van der Waals surface area contributed by atoms with E-state index < -0.39 is 18.0 Å². The van der Waals surface area contributed by atoms with Crippen LogP contribution in [0.15, 0.2) is 42.6 Å². The molecule has 22 heavy (non-hydrogen) atoms. The summed E-state index contributed by atoms with van der Waals surface area (Å²) < 4.78 is 5.12. The Labute approximate surface area is 133 Å². The predicted molar refractivity (Wildman–Crippen MR) is 83.9 cm³/mol. The standard InChI is InChI=1S/C16H15ClN2O3/c1-10-5-3-4-6-13(10)19-15(20)11(2)22-16(21)12-7-8-14(17)18-9-12/h3-9,11H,1-2H3,(H,19,20). The van der Waals surface area contributed by atoms with Crippen LogP contribution in [0.2, 0.25) is 5.15 Å². The molecule has 1 aromatic heterocycles. The molecular weight excluding hydrogens is 304 g/mol. The molecule has 2 aromatic rings. The number of carbonyl (C=O) groups excluding carboxylic acids is 2. The van der Waals surface area contributed by atoms with Crippen molar-refractivity contribution < 1.29 is 14.3 Å². The molecule has 0 saturated heterocycles. The number of carbonyl (C=O) groups is 2. The van der Waals surface area contributed by atoms with E-state index in [1.807, 2.05) is 25.1 Å². The van der Waals surface area contributed by atoms with Crippen molar-refractivity contribution in [1.29, 1.82) is 0 Å². The van der Waals surface area contributed by atoms with E-state index in [0.717, 1.165) is 5.56 Å². The maximum atomic E-state index is 12.1. The van der Waals surface area contributed by atoms with Crippen molar-refractivity contribution in [2.45, 2.75) is 20.0 Å². The molecule has 114 valence electrons. The van der Waals surface area contributed by atoms with Gasteiger partial charge >= 0.3 is 5.97 Å². The summed E-state index contributed by atoms with van der Waals surface area (Å²) in [5.74, 6) is -1.03. The van der Waals surface area contributed by atoms with Crippen LogP contribution in [0.5, 0.6) is 0 Å². The largest absolute Gasteiger partial charge is 0.449 e. The monoisotopic (exact) mass is 318 g/mol. The Morgan fingerprint density at radius 1 is 1.23 bits per heavy atom. The number of amides is 1. The number of pyridine rings is 1. The second-order valence-electron chi connectivity index (χ2n) is 4.72. The van der Waals surface area contributed by atoms with Gasteiger partial charge in [0, 0.05) is 11.9 Å². The SMILES string of the molecule is Cc1ccccc1NC(=O)C(C)OC(=O)c1ccc(Cl)nc1. The summed E-state index contributed by atoms with van der Waals surface area (Å²) in [6, 6.07) is 10.3. The molecule has 1 unspecified atom stereocenters. The molecular formula is C16H15ClN2O3. The summed E-state index contributed by atoms with van der Waals surface area (Å²) in [4.78, 5) is 27.8. The first kappa shape index (κ1) is 16.0. The normalized spacial score (nSPS) is 11.6. The van der Waals surface area contributed by atoms with E-state index >= 15 is 0 Å². The number of hydrogen-bond acceptors (Lipinski definition) is 4. The number of halogens is 1. The smallest absolute Gasteiger partial charge is 0.340 e. The number of anilines is 1. The molecule has 0 aliphatic carbocycles. The fraction of sp³-hybridized carbons (Fsp3) is 0.188. The molecule has 0 spiro atoms. The molecule has 2 rings (SSSR count). The lowest BCUT2D eigenvalue weighted by Crippen LogP contribution is -2.30. The zero-order valence-corrected chi connectivity index (χ0v) is 12.9. The number of nitrogens with zero attached hydrogens (tertiary/aromatic N) is 1. The molecule has 1 atom stereocenters. The highest BCUT2D eigenvalue weighted by Gasteiger charge is 2.19. The molecule has 0 aliphatic heterocycles. The van der Waals surface area contributed by atoms with Gasteiger partial charge in [-0.1, -0.05) is 29.8 Å². The zero-order valence-electron chi connectivity index (χ0n) is 12.2. The van der Waals surface area contributed by atoms with E-state index in [1.165, 1.54) is 25.3 Å². The van der Waals surface area contributed by atoms with Crippen LogP contribution in [0.4, 0.5) is 5.69 Å². The Morgan fingerprint density at radius 3 is 2.59 bits per heavy atom. The maximum absolute atomic E-state index is 12.1. The molecule has 0 fully saturated rings. The minimum absolute atomic E-state index is 0.236. The lowest BCUT2D eigenvalue weighted by Gasteiger charge is -2.14. The number of esters is 1. The highest BCUT2D eigenvalue weighted by Crippen LogP contribution is 2.14. The second kappa shape index (κ2) is 7.04. The fourth-order valence-electron chi connectivity index (χ4n) is 1.73. The summed E-state index contributed by atoms with van der Waals surface area (Å²) in [6.07, 6.45) is 0.374. The topological polar surface area (TPSA) is 68.3 Å². The second-order valence-corrected chi connectivity index (χ2v) is 5.11. The molecule has 1 heterocycles. The molecule has 0 radical (unpaired) electrons. The van der Waals surface area contributed by atoms with E-state index in [1.54, 1.807) is 6.07 Å². The Hall–Kier alpha value is -2.40. The Balaban J connectivity index is 1.98. The lowest BCUT2D eigenvalue weighted by molar-refractivity contribution is -0.123. The van der Waals surface area contributed by atoms with E-state index in [9.17, 15) is 9.59 Å². The number of aryl methyl sites for hydroxylation is 1. The van der Waals surface area contributed by atoms with Crippen molar-refractivity contribution in [2.24, 2.45) is 0 Å². The summed E-state index contributed by atoms with van der Waals surface area (Å²) in [7, 11) is 0. The fourth-order valence-corrected chi connectivity index (χ4v) is 1.84. The quantitative estimate of drug-likeness (QED) is 0.694. The Bertz CT molecular complexity index is 686. The zero-order chi connectivity index (χ0) is 16.1. The summed E-state index contributed by atoms with van der Waals surface area (Å²) >= 11 is 5.65. The molecule has 1 N–H and O–H groups in total. The predicted octanol–water partition coefficient (Wildman–Crippen LogP) is 3.23. The summed E-state index contributed by atoms with van der Waals surface area (Å²) in [6.45, 7) is 3.39. The van der Waals surface area contributed by atoms with Crippen LogP contribution in [0, 0.1) is 6.92 Å². The van der Waals surface area contributed by atoms with Gasteiger partial charge in [-0.05, 0) is 37.6 Å². The molecule has 6 heteroatoms. The van der Waals surface area contributed by atoms with Crippen molar-refractivity contribution in [1.82, 2.24) is 4.98 Å². The first-order valence-corrected chi connectivity index (χ1v) is 7.04. The van der Waals surface area contributed by atoms with Gasteiger partial charge < -0.3 is 10.1 Å². The first-order valence-electron chi connectivity index (χ1n) is 6.66. The van der Waals surface area contributed by atoms with Crippen LogP contribution < -0.4 is 5.32 Å². The van der Waals surface area contributed by atoms with Crippen LogP contribution in [-0.4, -0.2) is 23.0 Å². The third kappa shape index (κ3) is 4.05. The van der Waals surface area contributed by atoms with Crippen molar-refractivity contribution >= 4 is 29.2 Å². The van der Waals surface area contributed by atoms with Crippen molar-refractivity contribution in [3.05, 3.63) is 58.9 Å². The number of para-hydroxylation sites is 1. The van der Waals surface area contributed by atoms with Gasteiger partial charge in [-0.25, -0.2) is 9.78 Å². The van der Waals surface area contributed by atoms with Gasteiger partial charge in [0.2, 0.25) is 0 Å². The van der Waals surface area contributed by atoms with Crippen LogP contribution in [0.25, 0.3) is 0 Å². The molecule has 0 saturated carbocycles. The number of nitrogens with one attached hydrogen (secondary N) is 1. The third-order valence-corrected chi connectivity index (χ3v) is 3.24. The van der Waals surface area contributed by atoms with Crippen molar-refractivity contribution in [3.63, 3.8) is 0 Å². The van der Waals surface area contributed by atoms with E-state index in [2.05, 4.69) is 10.3 Å². The minimum Gasteiger partial charge on any atom is -0.449 e. The highest BCUT2D eigenvalue weighted by atomic mass is 35.5. The number of rotatable bonds is 4. The van der Waals surface area contributed by atoms with E-state index in [-0.39, 0.29) is 10.7 Å². The molecule has 1 aromatic carbocycles. The average molecular weight is 319 g/mol. The molecule has 0 aliphatic rings. The van der Waals surface area contributed by atoms with Gasteiger partial charge in [0.05, 0.1) is 5.56 Å². The van der Waals surface area contributed by atoms with Gasteiger partial charge in [-0.15, -0.1) is 0 Å². The average Bonchev–Trinajstić information content (AvgIpc) is 2.50. The van der Waals surface area contributed by atoms with Crippen LogP contribution in [0.1, 0.15) is 22.8 Å². The van der Waals surface area contributed by atoms with Crippen molar-refractivity contribution in [3.8, 4) is 0 Å². The first-order chi connectivity index (χ1) is 10.5. The van der Waals surface area contributed by atoms with Gasteiger partial charge in [0.1, 0.15) is 5.15 Å². The maximum Gasteiger partial charge on any atom is 0.340 e. The number of benzene rings is 1. The van der Waals surface area contributed by atoms with E-state index in [0.29, 0.717) is 5.69 Å². The number of aromatic nitrogens is 1. The van der Waals surface area contributed by atoms with Crippen LogP contribution in [-0.2, 0) is 9.53 Å². The van der Waals surface area contributed by atoms with Crippen LogP contribution >= 0.6 is 11.6 Å².